The van der Waals surface area contributed by atoms with E-state index >= 15 is 0 Å². The first-order valence-electron chi connectivity index (χ1n) is 6.56. The summed E-state index contributed by atoms with van der Waals surface area (Å²) < 4.78 is 5.80. The highest BCUT2D eigenvalue weighted by atomic mass is 16.5. The van der Waals surface area contributed by atoms with Crippen molar-refractivity contribution < 1.29 is 19.7 Å². The monoisotopic (exact) mass is 262 g/mol. The van der Waals surface area contributed by atoms with E-state index in [2.05, 4.69) is 0 Å². The van der Waals surface area contributed by atoms with Crippen LogP contribution in [0.5, 0.6) is 11.5 Å². The molecule has 0 atom stereocenters. The Morgan fingerprint density at radius 3 is 2.68 bits per heavy atom. The number of aromatic hydroxyl groups is 1. The highest BCUT2D eigenvalue weighted by Gasteiger charge is 2.16. The van der Waals surface area contributed by atoms with Crippen molar-refractivity contribution in [1.29, 1.82) is 0 Å². The number of hydrogen-bond donors (Lipinski definition) is 2. The molecular weight excluding hydrogens is 244 g/mol. The zero-order chi connectivity index (χ0) is 13.7. The molecule has 0 aromatic heterocycles. The summed E-state index contributed by atoms with van der Waals surface area (Å²) >= 11 is 0. The lowest BCUT2D eigenvalue weighted by Gasteiger charge is -2.23. The van der Waals surface area contributed by atoms with Gasteiger partial charge >= 0.3 is 5.97 Å². The van der Waals surface area contributed by atoms with Crippen molar-refractivity contribution in [3.8, 4) is 11.5 Å². The number of aliphatic carboxylic acids is 1. The van der Waals surface area contributed by atoms with Crippen molar-refractivity contribution in [3.63, 3.8) is 0 Å². The molecule has 102 valence electrons. The quantitative estimate of drug-likeness (QED) is 0.818. The molecule has 0 heterocycles. The summed E-state index contributed by atoms with van der Waals surface area (Å²) in [5.74, 6) is -0.472. The van der Waals surface area contributed by atoms with Crippen LogP contribution in [0.15, 0.2) is 24.3 Å². The van der Waals surface area contributed by atoms with Crippen molar-refractivity contribution in [1.82, 2.24) is 0 Å². The van der Waals surface area contributed by atoms with Crippen LogP contribution in [0.1, 0.15) is 37.7 Å². The van der Waals surface area contributed by atoms with Crippen LogP contribution in [0, 0.1) is 0 Å². The fourth-order valence-corrected chi connectivity index (χ4v) is 2.26. The van der Waals surface area contributed by atoms with Crippen LogP contribution in [0.4, 0.5) is 0 Å². The summed E-state index contributed by atoms with van der Waals surface area (Å²) in [7, 11) is 0. The van der Waals surface area contributed by atoms with Crippen molar-refractivity contribution in [3.05, 3.63) is 29.8 Å². The van der Waals surface area contributed by atoms with Crippen LogP contribution in [0.2, 0.25) is 0 Å². The lowest BCUT2D eigenvalue weighted by atomic mass is 9.98. The largest absolute Gasteiger partial charge is 0.504 e. The zero-order valence-electron chi connectivity index (χ0n) is 10.7. The number of hydrogen-bond acceptors (Lipinski definition) is 3. The number of rotatable bonds is 4. The molecule has 4 heteroatoms. The Labute approximate surface area is 112 Å². The molecule has 0 spiro atoms. The second-order valence-electron chi connectivity index (χ2n) is 4.78. The number of ether oxygens (including phenoxy) is 1. The molecule has 4 nitrogen and oxygen atoms in total. The van der Waals surface area contributed by atoms with Gasteiger partial charge in [0, 0.05) is 6.08 Å². The Bertz CT molecular complexity index is 473. The first-order chi connectivity index (χ1) is 9.15. The maximum Gasteiger partial charge on any atom is 0.328 e. The molecule has 1 fully saturated rings. The molecule has 19 heavy (non-hydrogen) atoms. The topological polar surface area (TPSA) is 66.8 Å². The maximum atomic E-state index is 10.5. The number of carboxylic acids is 1. The van der Waals surface area contributed by atoms with Crippen molar-refractivity contribution in [2.24, 2.45) is 0 Å². The minimum atomic E-state index is -0.997. The van der Waals surface area contributed by atoms with E-state index in [1.165, 1.54) is 18.6 Å². The first-order valence-corrected chi connectivity index (χ1v) is 6.56. The summed E-state index contributed by atoms with van der Waals surface area (Å²) in [6.45, 7) is 0. The van der Waals surface area contributed by atoms with E-state index in [4.69, 9.17) is 9.84 Å². The molecule has 1 aliphatic carbocycles. The molecule has 1 aromatic carbocycles. The number of carbonyl (C=O) groups is 1. The predicted octanol–water partition coefficient (Wildman–Crippen LogP) is 3.20. The zero-order valence-corrected chi connectivity index (χ0v) is 10.7. The van der Waals surface area contributed by atoms with Gasteiger partial charge in [0.15, 0.2) is 11.5 Å². The van der Waals surface area contributed by atoms with E-state index in [9.17, 15) is 9.90 Å². The van der Waals surface area contributed by atoms with Crippen LogP contribution in [0.25, 0.3) is 6.08 Å². The van der Waals surface area contributed by atoms with E-state index in [-0.39, 0.29) is 11.9 Å². The van der Waals surface area contributed by atoms with Gasteiger partial charge in [0.05, 0.1) is 6.10 Å². The van der Waals surface area contributed by atoms with Gasteiger partial charge in [0.2, 0.25) is 0 Å². The summed E-state index contributed by atoms with van der Waals surface area (Å²) in [6.07, 6.45) is 8.27. The minimum absolute atomic E-state index is 0.0954. The Kier molecular flexibility index (Phi) is 4.44. The standard InChI is InChI=1S/C15H18O4/c16-13-8-6-11(7-9-15(17)18)10-14(13)19-12-4-2-1-3-5-12/h6-10,12,16H,1-5H2,(H,17,18). The highest BCUT2D eigenvalue weighted by molar-refractivity contribution is 5.85. The highest BCUT2D eigenvalue weighted by Crippen LogP contribution is 2.31. The van der Waals surface area contributed by atoms with Gasteiger partial charge in [-0.05, 0) is 49.5 Å². The average molecular weight is 262 g/mol. The van der Waals surface area contributed by atoms with Gasteiger partial charge in [-0.3, -0.25) is 0 Å². The lowest BCUT2D eigenvalue weighted by molar-refractivity contribution is -0.131. The van der Waals surface area contributed by atoms with E-state index in [0.29, 0.717) is 11.3 Å². The smallest absolute Gasteiger partial charge is 0.328 e. The van der Waals surface area contributed by atoms with E-state index in [1.54, 1.807) is 12.1 Å². The second kappa shape index (κ2) is 6.27. The van der Waals surface area contributed by atoms with Crippen LogP contribution in [-0.4, -0.2) is 22.3 Å². The fourth-order valence-electron chi connectivity index (χ4n) is 2.26. The third kappa shape index (κ3) is 4.02. The molecule has 0 unspecified atom stereocenters. The second-order valence-corrected chi connectivity index (χ2v) is 4.78. The van der Waals surface area contributed by atoms with Crippen LogP contribution in [0.3, 0.4) is 0 Å². The molecule has 1 aromatic rings. The van der Waals surface area contributed by atoms with Crippen molar-refractivity contribution in [2.75, 3.05) is 0 Å². The molecule has 0 amide bonds. The van der Waals surface area contributed by atoms with Crippen molar-refractivity contribution >= 4 is 12.0 Å². The molecular formula is C15H18O4. The minimum Gasteiger partial charge on any atom is -0.504 e. The Morgan fingerprint density at radius 1 is 1.26 bits per heavy atom. The molecule has 1 aliphatic rings. The summed E-state index contributed by atoms with van der Waals surface area (Å²) in [5, 5.41) is 18.4. The summed E-state index contributed by atoms with van der Waals surface area (Å²) in [5.41, 5.74) is 0.700. The van der Waals surface area contributed by atoms with Crippen molar-refractivity contribution in [2.45, 2.75) is 38.2 Å². The Morgan fingerprint density at radius 2 is 2.00 bits per heavy atom. The molecule has 0 bridgehead atoms. The van der Waals surface area contributed by atoms with E-state index in [0.717, 1.165) is 31.8 Å². The molecule has 0 radical (unpaired) electrons. The van der Waals surface area contributed by atoms with E-state index in [1.807, 2.05) is 0 Å². The van der Waals surface area contributed by atoms with Crippen LogP contribution < -0.4 is 4.74 Å². The molecule has 0 saturated heterocycles. The molecule has 0 aliphatic heterocycles. The van der Waals surface area contributed by atoms with Gasteiger partial charge in [-0.15, -0.1) is 0 Å². The molecule has 2 rings (SSSR count). The Balaban J connectivity index is 2.10. The predicted molar refractivity (Wildman–Crippen MR) is 72.3 cm³/mol. The Hall–Kier alpha value is -1.97. The third-order valence-corrected chi connectivity index (χ3v) is 3.25. The van der Waals surface area contributed by atoms with Gasteiger partial charge < -0.3 is 14.9 Å². The normalized spacial score (nSPS) is 16.6. The van der Waals surface area contributed by atoms with Gasteiger partial charge in [-0.2, -0.15) is 0 Å². The average Bonchev–Trinajstić information content (AvgIpc) is 2.41. The van der Waals surface area contributed by atoms with E-state index < -0.39 is 5.97 Å². The first kappa shape index (κ1) is 13.5. The number of phenols is 1. The van der Waals surface area contributed by atoms with Gasteiger partial charge in [-0.25, -0.2) is 4.79 Å². The SMILES string of the molecule is O=C(O)C=Cc1ccc(O)c(OC2CCCCC2)c1. The number of phenolic OH excluding ortho intramolecular Hbond substituents is 1. The fraction of sp³-hybridized carbons (Fsp3) is 0.400. The van der Waals surface area contributed by atoms with Gasteiger partial charge in [0.25, 0.3) is 0 Å². The van der Waals surface area contributed by atoms with Crippen LogP contribution in [-0.2, 0) is 4.79 Å². The third-order valence-electron chi connectivity index (χ3n) is 3.25. The van der Waals surface area contributed by atoms with Crippen LogP contribution >= 0.6 is 0 Å². The number of benzene rings is 1. The lowest BCUT2D eigenvalue weighted by Crippen LogP contribution is -2.19. The molecule has 2 N–H and O–H groups in total. The maximum absolute atomic E-state index is 10.5. The summed E-state index contributed by atoms with van der Waals surface area (Å²) in [4.78, 5) is 10.5. The number of carboxylic acid groups (broad SMARTS) is 1. The van der Waals surface area contributed by atoms with Gasteiger partial charge in [0.1, 0.15) is 0 Å². The van der Waals surface area contributed by atoms with Gasteiger partial charge in [-0.1, -0.05) is 12.5 Å². The summed E-state index contributed by atoms with van der Waals surface area (Å²) in [6, 6.07) is 4.85. The molecule has 1 saturated carbocycles.